The molecule has 1 spiro atoms. The number of carbonyl (C=O) groups is 5. The van der Waals surface area contributed by atoms with Crippen LogP contribution in [0.15, 0.2) is 47.0 Å². The first-order valence-corrected chi connectivity index (χ1v) is 21.0. The Morgan fingerprint density at radius 3 is 2.40 bits per heavy atom. The summed E-state index contributed by atoms with van der Waals surface area (Å²) in [5, 5.41) is 58.8. The number of nitrogens with one attached hydrogen (secondary N) is 4. The van der Waals surface area contributed by atoms with Crippen molar-refractivity contribution >= 4 is 41.5 Å². The number of amides is 2. The molecule has 1 aromatic rings. The maximum Gasteiger partial charge on any atom is 0.353 e. The van der Waals surface area contributed by atoms with Crippen LogP contribution in [-0.4, -0.2) is 110 Å². The summed E-state index contributed by atoms with van der Waals surface area (Å²) in [5.74, 6) is -5.48. The molecule has 2 heterocycles. The quantitative estimate of drug-likeness (QED) is 0.0551. The van der Waals surface area contributed by atoms with E-state index in [9.17, 15) is 49.5 Å². The van der Waals surface area contributed by atoms with Crippen LogP contribution in [0.25, 0.3) is 0 Å². The van der Waals surface area contributed by atoms with Gasteiger partial charge < -0.3 is 46.2 Å². The first kappa shape index (κ1) is 44.2. The number of nitrogens with zero attached hydrogens (tertiary/aromatic N) is 1. The predicted molar refractivity (Wildman–Crippen MR) is 209 cm³/mol. The van der Waals surface area contributed by atoms with Crippen molar-refractivity contribution in [3.05, 3.63) is 52.6 Å². The van der Waals surface area contributed by atoms with Crippen LogP contribution in [0, 0.1) is 17.3 Å². The van der Waals surface area contributed by atoms with Crippen LogP contribution in [0.5, 0.6) is 0 Å². The molecule has 0 aromatic carbocycles. The van der Waals surface area contributed by atoms with Crippen molar-refractivity contribution in [3.63, 3.8) is 0 Å². The third-order valence-corrected chi connectivity index (χ3v) is 13.5. The second-order valence-corrected chi connectivity index (χ2v) is 16.8. The van der Waals surface area contributed by atoms with Crippen molar-refractivity contribution in [2.45, 2.75) is 120 Å². The highest BCUT2D eigenvalue weighted by Gasteiger charge is 2.53. The molecule has 17 heteroatoms. The number of esters is 1. The van der Waals surface area contributed by atoms with Crippen LogP contribution in [0.4, 0.5) is 0 Å². The number of pyridine rings is 1. The Hall–Kier alpha value is -3.87. The van der Waals surface area contributed by atoms with Gasteiger partial charge in [-0.2, -0.15) is 0 Å². The minimum Gasteiger partial charge on any atom is -0.478 e. The second-order valence-electron chi connectivity index (χ2n) is 15.7. The summed E-state index contributed by atoms with van der Waals surface area (Å²) in [6, 6.07) is 2.55. The van der Waals surface area contributed by atoms with E-state index in [1.807, 2.05) is 17.4 Å². The fourth-order valence-corrected chi connectivity index (χ4v) is 10.7. The van der Waals surface area contributed by atoms with Gasteiger partial charge in [-0.3, -0.25) is 24.7 Å². The Kier molecular flexibility index (Phi) is 15.7. The number of ether oxygens (including phenoxy) is 1. The fraction of sp³-hybridized carbons (Fsp3) is 0.650. The minimum absolute atomic E-state index is 0.0276. The Bertz CT molecular complexity index is 1680. The summed E-state index contributed by atoms with van der Waals surface area (Å²) in [5.41, 5.74) is 1.46. The molecule has 1 aliphatic heterocycles. The van der Waals surface area contributed by atoms with Gasteiger partial charge in [0.15, 0.2) is 0 Å². The van der Waals surface area contributed by atoms with E-state index in [2.05, 4.69) is 20.9 Å². The fourth-order valence-electron chi connectivity index (χ4n) is 9.03. The Labute approximate surface area is 336 Å². The van der Waals surface area contributed by atoms with E-state index in [0.717, 1.165) is 80.9 Å². The van der Waals surface area contributed by atoms with Crippen LogP contribution in [0.2, 0.25) is 0 Å². The second kappa shape index (κ2) is 20.2. The average Bonchev–Trinajstić information content (AvgIpc) is 3.80. The number of hydrogen-bond donors (Lipinski definition) is 9. The van der Waals surface area contributed by atoms with E-state index in [0.29, 0.717) is 25.0 Å². The van der Waals surface area contributed by atoms with E-state index in [1.54, 1.807) is 12.4 Å². The van der Waals surface area contributed by atoms with Crippen molar-refractivity contribution in [1.82, 2.24) is 26.3 Å². The van der Waals surface area contributed by atoms with E-state index < -0.39 is 65.8 Å². The molecular formula is C40H57N5O11S. The molecule has 0 unspecified atom stereocenters. The zero-order chi connectivity index (χ0) is 41.2. The van der Waals surface area contributed by atoms with Gasteiger partial charge in [-0.25, -0.2) is 9.59 Å². The average molecular weight is 816 g/mol. The lowest BCUT2D eigenvalue weighted by atomic mass is 9.67. The van der Waals surface area contributed by atoms with E-state index in [4.69, 9.17) is 4.74 Å². The number of carboxylic acids is 2. The summed E-state index contributed by atoms with van der Waals surface area (Å²) >= 11 is 1.36. The highest BCUT2D eigenvalue weighted by Crippen LogP contribution is 2.58. The number of carboxylic acid groups (broad SMARTS) is 2. The highest BCUT2D eigenvalue weighted by molar-refractivity contribution is 8.00. The maximum atomic E-state index is 14.3. The van der Waals surface area contributed by atoms with E-state index in [-0.39, 0.29) is 36.3 Å². The number of aliphatic carboxylic acids is 2. The van der Waals surface area contributed by atoms with Crippen molar-refractivity contribution in [1.29, 1.82) is 0 Å². The lowest BCUT2D eigenvalue weighted by Crippen LogP contribution is -2.56. The number of aliphatic hydroxyl groups is 3. The third-order valence-electron chi connectivity index (χ3n) is 11.9. The van der Waals surface area contributed by atoms with Crippen molar-refractivity contribution in [3.8, 4) is 0 Å². The minimum atomic E-state index is -2.45. The Balaban J connectivity index is 1.51. The summed E-state index contributed by atoms with van der Waals surface area (Å²) in [6.45, 7) is -0.101. The lowest BCUT2D eigenvalue weighted by molar-refractivity contribution is -0.164. The van der Waals surface area contributed by atoms with Crippen LogP contribution in [-0.2, 0) is 35.1 Å². The predicted octanol–water partition coefficient (Wildman–Crippen LogP) is 2.09. The molecule has 1 aromatic heterocycles. The molecule has 314 valence electrons. The van der Waals surface area contributed by atoms with Gasteiger partial charge in [0.25, 0.3) is 0 Å². The summed E-state index contributed by atoms with van der Waals surface area (Å²) in [4.78, 5) is 68.6. The number of hydrogen-bond acceptors (Lipinski definition) is 13. The van der Waals surface area contributed by atoms with Gasteiger partial charge in [0.1, 0.15) is 17.7 Å². The summed E-state index contributed by atoms with van der Waals surface area (Å²) < 4.78 is 6.43. The number of allylic oxidation sites excluding steroid dienone is 1. The van der Waals surface area contributed by atoms with Gasteiger partial charge in [-0.05, 0) is 93.0 Å². The maximum absolute atomic E-state index is 14.3. The number of thioether (sulfide) groups is 1. The first-order valence-electron chi connectivity index (χ1n) is 20.0. The number of rotatable bonds is 19. The highest BCUT2D eigenvalue weighted by atomic mass is 32.2. The zero-order valence-corrected chi connectivity index (χ0v) is 33.3. The normalized spacial score (nSPS) is 23.9. The molecule has 57 heavy (non-hydrogen) atoms. The summed E-state index contributed by atoms with van der Waals surface area (Å²) in [7, 11) is 1.54. The molecule has 0 saturated heterocycles. The molecular weight excluding hydrogens is 759 g/mol. The van der Waals surface area contributed by atoms with Gasteiger partial charge in [0.05, 0.1) is 5.25 Å². The van der Waals surface area contributed by atoms with Gasteiger partial charge in [0.2, 0.25) is 23.8 Å². The molecule has 9 N–H and O–H groups in total. The van der Waals surface area contributed by atoms with Crippen molar-refractivity contribution in [2.24, 2.45) is 17.3 Å². The molecule has 5 rings (SSSR count). The van der Waals surface area contributed by atoms with Crippen LogP contribution in [0.3, 0.4) is 0 Å². The zero-order valence-electron chi connectivity index (χ0n) is 32.5. The Morgan fingerprint density at radius 1 is 1.05 bits per heavy atom. The molecule has 16 nitrogen and oxygen atoms in total. The van der Waals surface area contributed by atoms with Gasteiger partial charge in [-0.15, -0.1) is 11.8 Å². The molecule has 0 radical (unpaired) electrons. The molecule has 1 saturated carbocycles. The monoisotopic (exact) mass is 815 g/mol. The number of aliphatic hydroxyl groups excluding tert-OH is 2. The van der Waals surface area contributed by atoms with Crippen LogP contribution < -0.4 is 21.3 Å². The van der Waals surface area contributed by atoms with Gasteiger partial charge in [-0.1, -0.05) is 43.3 Å². The smallest absolute Gasteiger partial charge is 0.353 e. The molecule has 0 bridgehead atoms. The van der Waals surface area contributed by atoms with Crippen LogP contribution >= 0.6 is 11.8 Å². The molecule has 6 atom stereocenters. The molecule has 4 aliphatic rings. The van der Waals surface area contributed by atoms with Crippen LogP contribution in [0.1, 0.15) is 95.5 Å². The van der Waals surface area contributed by atoms with Crippen molar-refractivity contribution < 1.29 is 54.2 Å². The molecule has 3 aliphatic carbocycles. The molecule has 1 fully saturated rings. The summed E-state index contributed by atoms with van der Waals surface area (Å²) in [6.07, 6.45) is 11.0. The number of aromatic nitrogens is 1. The third kappa shape index (κ3) is 10.8. The Morgan fingerprint density at radius 2 is 1.75 bits per heavy atom. The van der Waals surface area contributed by atoms with E-state index >= 15 is 0 Å². The van der Waals surface area contributed by atoms with Gasteiger partial charge in [0, 0.05) is 44.3 Å². The topological polar surface area (TPSA) is 257 Å². The van der Waals surface area contributed by atoms with Crippen molar-refractivity contribution in [2.75, 3.05) is 26.1 Å². The first-order chi connectivity index (χ1) is 27.3. The van der Waals surface area contributed by atoms with E-state index in [1.165, 1.54) is 24.4 Å². The SMILES string of the molecule is CNCN[C@@](O)(CCC(=O)N[C@@H](CS[C@H]1C2=C3[C@@H](CCCCCC14CCCC4)CC(Cc1ccncc1)=C(CCCO)[C@H]3C(=O)O2)C(=O)N[C@@H](O)C(=O)O)C(=O)O. The van der Waals surface area contributed by atoms with Gasteiger partial charge >= 0.3 is 17.9 Å². The largest absolute Gasteiger partial charge is 0.478 e. The number of carbonyl (C=O) groups excluding carboxylic acids is 3. The standard InChI is InChI=1S/C40H57N5O11S/c1-41-23-43-40(55,38(53)54)16-10-29(47)44-28(34(48)45-35(49)36(50)51)22-57-33-32-30-25(8-3-2-4-13-39(33)14-5-6-15-39)21-26(20-24-11-17-42-18-12-24)27(9-7-19-46)31(30)37(52)56-32/h11-12,17-18,25,28,31,33,35,41,43,46,49,55H,2-10,13-16,19-23H2,1H3,(H,44,47)(H,45,48)(H,50,51)(H,53,54)/t25-,28-,31+,33-,35-,40+/m0/s1. The molecule has 2 amide bonds. The lowest BCUT2D eigenvalue weighted by Gasteiger charge is -2.40.